The van der Waals surface area contributed by atoms with E-state index in [4.69, 9.17) is 0 Å². The molecule has 0 spiro atoms. The first-order valence-corrected chi connectivity index (χ1v) is 6.58. The molecule has 3 aromatic heterocycles. The van der Waals surface area contributed by atoms with Crippen molar-refractivity contribution in [2.75, 3.05) is 0 Å². The van der Waals surface area contributed by atoms with Gasteiger partial charge >= 0.3 is 0 Å². The lowest BCUT2D eigenvalue weighted by Crippen LogP contribution is -1.83. The summed E-state index contributed by atoms with van der Waals surface area (Å²) in [5.41, 5.74) is 2.62. The van der Waals surface area contributed by atoms with Crippen molar-refractivity contribution < 1.29 is 0 Å². The molecule has 0 aliphatic carbocycles. The largest absolute Gasteiger partial charge is 0.304 e. The van der Waals surface area contributed by atoms with Gasteiger partial charge in [0.2, 0.25) is 0 Å². The number of aromatic nitrogens is 3. The van der Waals surface area contributed by atoms with E-state index in [2.05, 4.69) is 41.8 Å². The Labute approximate surface area is 115 Å². The van der Waals surface area contributed by atoms with Crippen LogP contribution in [0, 0.1) is 0 Å². The van der Waals surface area contributed by atoms with E-state index in [0.29, 0.717) is 0 Å². The minimum Gasteiger partial charge on any atom is -0.304 e. The van der Waals surface area contributed by atoms with Crippen LogP contribution in [0.5, 0.6) is 0 Å². The van der Waals surface area contributed by atoms with E-state index < -0.39 is 0 Å². The third kappa shape index (κ3) is 2.00. The van der Waals surface area contributed by atoms with Crippen LogP contribution in [0.2, 0.25) is 0 Å². The van der Waals surface area contributed by atoms with Gasteiger partial charge in [-0.3, -0.25) is 4.98 Å². The Morgan fingerprint density at radius 3 is 2.71 bits per heavy atom. The summed E-state index contributed by atoms with van der Waals surface area (Å²) in [6.07, 6.45) is 5.71. The van der Waals surface area contributed by atoms with Crippen molar-refractivity contribution in [2.45, 2.75) is 0 Å². The highest BCUT2D eigenvalue weighted by Crippen LogP contribution is 2.25. The van der Waals surface area contributed by atoms with Crippen LogP contribution < -0.4 is 0 Å². The zero-order valence-corrected chi connectivity index (χ0v) is 11.8. The van der Waals surface area contributed by atoms with Crippen molar-refractivity contribution in [3.05, 3.63) is 51.8 Å². The van der Waals surface area contributed by atoms with E-state index in [1.54, 1.807) is 6.20 Å². The van der Waals surface area contributed by atoms with Gasteiger partial charge in [0.05, 0.1) is 10.2 Å². The lowest BCUT2D eigenvalue weighted by atomic mass is 10.3. The maximum absolute atomic E-state index is 4.56. The number of fused-ring (bicyclic) bond motifs is 1. The Bertz CT molecular complexity index is 677. The van der Waals surface area contributed by atoms with E-state index in [1.807, 2.05) is 41.1 Å². The Balaban J connectivity index is 2.24. The van der Waals surface area contributed by atoms with Crippen LogP contribution in [0.4, 0.5) is 0 Å². The number of hydrogen-bond donors (Lipinski definition) is 0. The molecule has 0 bridgehead atoms. The number of imidazole rings is 1. The maximum atomic E-state index is 4.56. The van der Waals surface area contributed by atoms with Crippen LogP contribution in [-0.2, 0) is 0 Å². The molecule has 0 unspecified atom stereocenters. The molecule has 0 aliphatic rings. The summed E-state index contributed by atoms with van der Waals surface area (Å²) in [5, 5.41) is 0. The monoisotopic (exact) mass is 351 g/mol. The van der Waals surface area contributed by atoms with Gasteiger partial charge in [0.25, 0.3) is 0 Å². The first kappa shape index (κ1) is 10.9. The van der Waals surface area contributed by atoms with Crippen molar-refractivity contribution >= 4 is 37.5 Å². The van der Waals surface area contributed by atoms with Crippen LogP contribution in [0.15, 0.2) is 51.8 Å². The fourth-order valence-corrected chi connectivity index (χ4v) is 2.96. The molecule has 3 heterocycles. The van der Waals surface area contributed by atoms with Crippen molar-refractivity contribution in [1.29, 1.82) is 0 Å². The standard InChI is InChI=1S/C12H7Br2N3/c13-8-5-9(14)12-16-11(7-17(12)6-8)10-3-1-2-4-15-10/h1-7H. The zero-order chi connectivity index (χ0) is 11.8. The quantitative estimate of drug-likeness (QED) is 0.664. The average molecular weight is 353 g/mol. The first-order valence-electron chi connectivity index (χ1n) is 4.99. The number of hydrogen-bond acceptors (Lipinski definition) is 2. The lowest BCUT2D eigenvalue weighted by molar-refractivity contribution is 1.17. The molecule has 0 saturated heterocycles. The molecule has 0 fully saturated rings. The summed E-state index contributed by atoms with van der Waals surface area (Å²) in [7, 11) is 0. The molecule has 0 atom stereocenters. The van der Waals surface area contributed by atoms with Crippen LogP contribution in [0.3, 0.4) is 0 Å². The number of pyridine rings is 2. The minimum absolute atomic E-state index is 0.865. The minimum atomic E-state index is 0.865. The van der Waals surface area contributed by atoms with Crippen LogP contribution >= 0.6 is 31.9 Å². The highest BCUT2D eigenvalue weighted by molar-refractivity contribution is 9.11. The smallest absolute Gasteiger partial charge is 0.151 e. The lowest BCUT2D eigenvalue weighted by Gasteiger charge is -1.96. The highest BCUT2D eigenvalue weighted by Gasteiger charge is 2.08. The summed E-state index contributed by atoms with van der Waals surface area (Å²) in [6, 6.07) is 7.78. The normalized spacial score (nSPS) is 10.9. The Kier molecular flexibility index (Phi) is 2.72. The predicted octanol–water partition coefficient (Wildman–Crippen LogP) is 3.92. The van der Waals surface area contributed by atoms with Gasteiger partial charge in [-0.15, -0.1) is 0 Å². The van der Waals surface area contributed by atoms with Gasteiger partial charge < -0.3 is 4.40 Å². The molecular weight excluding hydrogens is 346 g/mol. The van der Waals surface area contributed by atoms with E-state index in [9.17, 15) is 0 Å². The second-order valence-corrected chi connectivity index (χ2v) is 5.35. The fourth-order valence-electron chi connectivity index (χ4n) is 1.66. The molecular formula is C12H7Br2N3. The molecule has 0 N–H and O–H groups in total. The van der Waals surface area contributed by atoms with Gasteiger partial charge in [-0.25, -0.2) is 4.98 Å². The van der Waals surface area contributed by atoms with Crippen LogP contribution in [0.25, 0.3) is 17.0 Å². The second kappa shape index (κ2) is 4.23. The Morgan fingerprint density at radius 1 is 1.06 bits per heavy atom. The number of halogens is 2. The van der Waals surface area contributed by atoms with E-state index in [-0.39, 0.29) is 0 Å². The molecule has 0 aromatic carbocycles. The molecule has 0 amide bonds. The summed E-state index contributed by atoms with van der Waals surface area (Å²) < 4.78 is 3.92. The predicted molar refractivity (Wildman–Crippen MR) is 73.8 cm³/mol. The van der Waals surface area contributed by atoms with E-state index in [0.717, 1.165) is 26.0 Å². The second-order valence-electron chi connectivity index (χ2n) is 3.58. The van der Waals surface area contributed by atoms with E-state index in [1.165, 1.54) is 0 Å². The molecule has 3 aromatic rings. The highest BCUT2D eigenvalue weighted by atomic mass is 79.9. The van der Waals surface area contributed by atoms with Crippen LogP contribution in [-0.4, -0.2) is 14.4 Å². The molecule has 0 radical (unpaired) electrons. The Hall–Kier alpha value is -1.20. The van der Waals surface area contributed by atoms with Gasteiger partial charge in [0.1, 0.15) is 5.69 Å². The zero-order valence-electron chi connectivity index (χ0n) is 8.64. The van der Waals surface area contributed by atoms with Gasteiger partial charge in [0, 0.05) is 23.1 Å². The Morgan fingerprint density at radius 2 is 1.94 bits per heavy atom. The van der Waals surface area contributed by atoms with Gasteiger partial charge in [0.15, 0.2) is 5.65 Å². The molecule has 5 heteroatoms. The van der Waals surface area contributed by atoms with Crippen molar-refractivity contribution in [2.24, 2.45) is 0 Å². The molecule has 3 rings (SSSR count). The van der Waals surface area contributed by atoms with E-state index >= 15 is 0 Å². The summed E-state index contributed by atoms with van der Waals surface area (Å²) in [4.78, 5) is 8.85. The van der Waals surface area contributed by atoms with Gasteiger partial charge in [-0.05, 0) is 50.1 Å². The molecule has 17 heavy (non-hydrogen) atoms. The SMILES string of the molecule is Brc1cc(Br)c2nc(-c3ccccn3)cn2c1. The summed E-state index contributed by atoms with van der Waals surface area (Å²) >= 11 is 6.95. The third-order valence-corrected chi connectivity index (χ3v) is 3.42. The maximum Gasteiger partial charge on any atom is 0.151 e. The molecule has 0 saturated carbocycles. The van der Waals surface area contributed by atoms with Crippen molar-refractivity contribution in [3.63, 3.8) is 0 Å². The molecule has 3 nitrogen and oxygen atoms in total. The van der Waals surface area contributed by atoms with Crippen LogP contribution in [0.1, 0.15) is 0 Å². The summed E-state index contributed by atoms with van der Waals surface area (Å²) in [5.74, 6) is 0. The topological polar surface area (TPSA) is 30.2 Å². The van der Waals surface area contributed by atoms with Crippen molar-refractivity contribution in [1.82, 2.24) is 14.4 Å². The van der Waals surface area contributed by atoms with Crippen molar-refractivity contribution in [3.8, 4) is 11.4 Å². The number of rotatable bonds is 1. The third-order valence-electron chi connectivity index (χ3n) is 2.40. The summed E-state index contributed by atoms with van der Waals surface area (Å²) in [6.45, 7) is 0. The molecule has 0 aliphatic heterocycles. The number of nitrogens with zero attached hydrogens (tertiary/aromatic N) is 3. The fraction of sp³-hybridized carbons (Fsp3) is 0. The first-order chi connectivity index (χ1) is 8.24. The van der Waals surface area contributed by atoms with Gasteiger partial charge in [-0.1, -0.05) is 6.07 Å². The van der Waals surface area contributed by atoms with Gasteiger partial charge in [-0.2, -0.15) is 0 Å². The molecule has 84 valence electrons. The average Bonchev–Trinajstić information content (AvgIpc) is 2.74.